The Balaban J connectivity index is 4.31. The van der Waals surface area contributed by atoms with E-state index in [1.54, 1.807) is 0 Å². The Morgan fingerprint density at radius 3 is 1.84 bits per heavy atom. The van der Waals surface area contributed by atoms with Crippen LogP contribution in [0.1, 0.15) is 41.0 Å². The van der Waals surface area contributed by atoms with Crippen molar-refractivity contribution in [1.82, 2.24) is 10.2 Å². The first kappa shape index (κ1) is 18.8. The van der Waals surface area contributed by atoms with Crippen molar-refractivity contribution >= 4 is 0 Å². The maximum Gasteiger partial charge on any atom is 0.0593 e. The van der Waals surface area contributed by atoms with Gasteiger partial charge < -0.3 is 14.8 Å². The van der Waals surface area contributed by atoms with Crippen LogP contribution in [0.4, 0.5) is 0 Å². The summed E-state index contributed by atoms with van der Waals surface area (Å²) in [7, 11) is 0. The van der Waals surface area contributed by atoms with Crippen LogP contribution in [-0.4, -0.2) is 63.0 Å². The van der Waals surface area contributed by atoms with Crippen LogP contribution < -0.4 is 5.32 Å². The number of ether oxygens (including phenoxy) is 2. The summed E-state index contributed by atoms with van der Waals surface area (Å²) in [5, 5.41) is 3.57. The Labute approximate surface area is 119 Å². The first-order valence-electron chi connectivity index (χ1n) is 7.83. The van der Waals surface area contributed by atoms with Gasteiger partial charge in [-0.2, -0.15) is 0 Å². The number of hydrogen-bond acceptors (Lipinski definition) is 4. The van der Waals surface area contributed by atoms with Gasteiger partial charge in [0, 0.05) is 38.4 Å². The largest absolute Gasteiger partial charge is 0.380 e. The molecule has 4 nitrogen and oxygen atoms in total. The van der Waals surface area contributed by atoms with Gasteiger partial charge >= 0.3 is 0 Å². The molecule has 0 aromatic rings. The van der Waals surface area contributed by atoms with Crippen molar-refractivity contribution < 1.29 is 9.47 Å². The summed E-state index contributed by atoms with van der Waals surface area (Å²) in [6.07, 6.45) is 1.15. The third-order valence-electron chi connectivity index (χ3n) is 3.52. The molecule has 19 heavy (non-hydrogen) atoms. The summed E-state index contributed by atoms with van der Waals surface area (Å²) in [4.78, 5) is 2.47. The molecule has 116 valence electrons. The molecule has 0 heterocycles. The van der Waals surface area contributed by atoms with E-state index in [1.165, 1.54) is 0 Å². The summed E-state index contributed by atoms with van der Waals surface area (Å²) in [6, 6.07) is 1.04. The SMILES string of the molecule is CCNC(CC)C(C)N(CCOCC)CCOCC. The van der Waals surface area contributed by atoms with Gasteiger partial charge in [0.05, 0.1) is 13.2 Å². The molecule has 0 aromatic heterocycles. The lowest BCUT2D eigenvalue weighted by atomic mass is 10.1. The average molecular weight is 274 g/mol. The molecule has 0 aliphatic heterocycles. The topological polar surface area (TPSA) is 33.7 Å². The summed E-state index contributed by atoms with van der Waals surface area (Å²) in [5.74, 6) is 0. The summed E-state index contributed by atoms with van der Waals surface area (Å²) in [6.45, 7) is 17.0. The van der Waals surface area contributed by atoms with Gasteiger partial charge in [-0.05, 0) is 33.7 Å². The zero-order valence-electron chi connectivity index (χ0n) is 13.6. The zero-order valence-corrected chi connectivity index (χ0v) is 13.6. The highest BCUT2D eigenvalue weighted by Gasteiger charge is 2.21. The predicted molar refractivity (Wildman–Crippen MR) is 81.8 cm³/mol. The van der Waals surface area contributed by atoms with Crippen molar-refractivity contribution in [2.24, 2.45) is 0 Å². The molecule has 2 atom stereocenters. The minimum Gasteiger partial charge on any atom is -0.380 e. The molecule has 0 spiro atoms. The monoisotopic (exact) mass is 274 g/mol. The predicted octanol–water partition coefficient (Wildman–Crippen LogP) is 2.14. The molecule has 0 saturated heterocycles. The van der Waals surface area contributed by atoms with E-state index in [2.05, 4.69) is 31.0 Å². The van der Waals surface area contributed by atoms with Gasteiger partial charge in [-0.25, -0.2) is 0 Å². The summed E-state index contributed by atoms with van der Waals surface area (Å²) < 4.78 is 11.0. The number of nitrogens with zero attached hydrogens (tertiary/aromatic N) is 1. The van der Waals surface area contributed by atoms with Crippen LogP contribution in [0.5, 0.6) is 0 Å². The van der Waals surface area contributed by atoms with E-state index in [1.807, 2.05) is 13.8 Å². The number of hydrogen-bond donors (Lipinski definition) is 1. The second kappa shape index (κ2) is 12.9. The van der Waals surface area contributed by atoms with E-state index in [0.717, 1.165) is 52.5 Å². The van der Waals surface area contributed by atoms with Crippen LogP contribution >= 0.6 is 0 Å². The van der Waals surface area contributed by atoms with Crippen molar-refractivity contribution in [1.29, 1.82) is 0 Å². The molecule has 0 amide bonds. The van der Waals surface area contributed by atoms with Crippen molar-refractivity contribution in [2.75, 3.05) is 46.1 Å². The highest BCUT2D eigenvalue weighted by molar-refractivity contribution is 4.80. The fourth-order valence-electron chi connectivity index (χ4n) is 2.34. The normalized spacial score (nSPS) is 14.8. The van der Waals surface area contributed by atoms with Crippen LogP contribution in [0.3, 0.4) is 0 Å². The third kappa shape index (κ3) is 8.58. The quantitative estimate of drug-likeness (QED) is 0.522. The zero-order chi connectivity index (χ0) is 14.5. The van der Waals surface area contributed by atoms with Gasteiger partial charge in [0.25, 0.3) is 0 Å². The standard InChI is InChI=1S/C15H34N2O2/c1-6-15(16-7-2)14(5)17(10-12-18-8-3)11-13-19-9-4/h14-16H,6-13H2,1-5H3. The maximum atomic E-state index is 5.49. The van der Waals surface area contributed by atoms with Gasteiger partial charge in [-0.3, -0.25) is 4.90 Å². The Kier molecular flexibility index (Phi) is 12.7. The number of likely N-dealkylation sites (N-methyl/N-ethyl adjacent to an activating group) is 1. The molecule has 0 aliphatic rings. The number of rotatable bonds is 13. The molecule has 0 saturated carbocycles. The Bertz CT molecular complexity index is 181. The van der Waals surface area contributed by atoms with E-state index < -0.39 is 0 Å². The van der Waals surface area contributed by atoms with Gasteiger partial charge in [-0.1, -0.05) is 13.8 Å². The first-order valence-corrected chi connectivity index (χ1v) is 7.83. The van der Waals surface area contributed by atoms with E-state index in [9.17, 15) is 0 Å². The molecule has 1 N–H and O–H groups in total. The van der Waals surface area contributed by atoms with Crippen LogP contribution in [0.2, 0.25) is 0 Å². The van der Waals surface area contributed by atoms with Crippen molar-refractivity contribution in [3.8, 4) is 0 Å². The lowest BCUT2D eigenvalue weighted by molar-refractivity contribution is 0.0568. The van der Waals surface area contributed by atoms with E-state index in [4.69, 9.17) is 9.47 Å². The fourth-order valence-corrected chi connectivity index (χ4v) is 2.34. The highest BCUT2D eigenvalue weighted by Crippen LogP contribution is 2.08. The van der Waals surface area contributed by atoms with Crippen molar-refractivity contribution in [2.45, 2.75) is 53.1 Å². The second-order valence-corrected chi connectivity index (χ2v) is 4.74. The molecule has 2 unspecified atom stereocenters. The summed E-state index contributed by atoms with van der Waals surface area (Å²) >= 11 is 0. The minimum absolute atomic E-state index is 0.505. The molecule has 0 aliphatic carbocycles. The Hall–Kier alpha value is -0.160. The minimum atomic E-state index is 0.505. The number of nitrogens with one attached hydrogen (secondary N) is 1. The Morgan fingerprint density at radius 1 is 0.947 bits per heavy atom. The molecule has 0 aromatic carbocycles. The van der Waals surface area contributed by atoms with Gasteiger partial charge in [-0.15, -0.1) is 0 Å². The van der Waals surface area contributed by atoms with Crippen molar-refractivity contribution in [3.05, 3.63) is 0 Å². The lowest BCUT2D eigenvalue weighted by Crippen LogP contribution is -2.50. The van der Waals surface area contributed by atoms with Crippen LogP contribution in [-0.2, 0) is 9.47 Å². The first-order chi connectivity index (χ1) is 9.21. The molecule has 0 rings (SSSR count). The Morgan fingerprint density at radius 2 is 1.47 bits per heavy atom. The highest BCUT2D eigenvalue weighted by atomic mass is 16.5. The molecule has 0 radical (unpaired) electrons. The van der Waals surface area contributed by atoms with E-state index >= 15 is 0 Å². The van der Waals surface area contributed by atoms with Gasteiger partial charge in [0.15, 0.2) is 0 Å². The van der Waals surface area contributed by atoms with E-state index in [0.29, 0.717) is 12.1 Å². The van der Waals surface area contributed by atoms with Crippen LogP contribution in [0, 0.1) is 0 Å². The van der Waals surface area contributed by atoms with Gasteiger partial charge in [0.2, 0.25) is 0 Å². The molecular formula is C15H34N2O2. The lowest BCUT2D eigenvalue weighted by Gasteiger charge is -2.34. The molecular weight excluding hydrogens is 240 g/mol. The maximum absolute atomic E-state index is 5.49. The van der Waals surface area contributed by atoms with Crippen LogP contribution in [0.15, 0.2) is 0 Å². The molecule has 4 heteroatoms. The molecule has 0 fully saturated rings. The fraction of sp³-hybridized carbons (Fsp3) is 1.00. The smallest absolute Gasteiger partial charge is 0.0593 e. The van der Waals surface area contributed by atoms with Crippen LogP contribution in [0.25, 0.3) is 0 Å². The molecule has 0 bridgehead atoms. The second-order valence-electron chi connectivity index (χ2n) is 4.74. The third-order valence-corrected chi connectivity index (χ3v) is 3.52. The van der Waals surface area contributed by atoms with Crippen molar-refractivity contribution in [3.63, 3.8) is 0 Å². The van der Waals surface area contributed by atoms with E-state index in [-0.39, 0.29) is 0 Å². The summed E-state index contributed by atoms with van der Waals surface area (Å²) in [5.41, 5.74) is 0. The van der Waals surface area contributed by atoms with Gasteiger partial charge in [0.1, 0.15) is 0 Å². The average Bonchev–Trinajstić information content (AvgIpc) is 2.42.